The standard InChI is InChI=1S/C31H47NS3/c1-3-5-7-9-11-13-15-21-27-23-17-19-25-29(27)32(35,31(33)34)30-26-20-18-24-28(30)22-16-14-12-10-8-6-4-2/h17-20,23-26H,3-16,21-22H2,1-2H3,(H,33,34). The lowest BCUT2D eigenvalue weighted by molar-refractivity contribution is 0.588. The fourth-order valence-electron chi connectivity index (χ4n) is 4.94. The van der Waals surface area contributed by atoms with E-state index < -0.39 is 0 Å². The zero-order valence-corrected chi connectivity index (χ0v) is 24.7. The third kappa shape index (κ3) is 9.87. The van der Waals surface area contributed by atoms with E-state index in [1.807, 2.05) is 0 Å². The second kappa shape index (κ2) is 17.6. The monoisotopic (exact) mass is 529 g/mol. The van der Waals surface area contributed by atoms with Crippen LogP contribution in [0.5, 0.6) is 0 Å². The zero-order chi connectivity index (χ0) is 25.4. The van der Waals surface area contributed by atoms with E-state index in [-0.39, 0.29) is 3.89 Å². The molecule has 0 heterocycles. The van der Waals surface area contributed by atoms with Crippen molar-refractivity contribution < 1.29 is 0 Å². The molecular formula is C31H47NS3. The summed E-state index contributed by atoms with van der Waals surface area (Å²) in [5.41, 5.74) is 4.80. The summed E-state index contributed by atoms with van der Waals surface area (Å²) in [6, 6.07) is 17.2. The van der Waals surface area contributed by atoms with Crippen LogP contribution in [0.1, 0.15) is 115 Å². The fourth-order valence-corrected chi connectivity index (χ4v) is 5.71. The normalized spacial score (nSPS) is 11.7. The number of thiol groups is 1. The highest BCUT2D eigenvalue weighted by Gasteiger charge is 2.30. The molecule has 0 aliphatic carbocycles. The van der Waals surface area contributed by atoms with Crippen LogP contribution in [0.3, 0.4) is 0 Å². The molecule has 0 amide bonds. The molecule has 2 aromatic rings. The molecule has 1 nitrogen and oxygen atoms in total. The van der Waals surface area contributed by atoms with E-state index >= 15 is 0 Å². The predicted molar refractivity (Wildman–Crippen MR) is 167 cm³/mol. The average Bonchev–Trinajstić information content (AvgIpc) is 2.87. The van der Waals surface area contributed by atoms with Gasteiger partial charge < -0.3 is 16.7 Å². The van der Waals surface area contributed by atoms with E-state index in [2.05, 4.69) is 62.4 Å². The molecule has 0 aliphatic rings. The van der Waals surface area contributed by atoms with E-state index in [4.69, 9.17) is 37.7 Å². The average molecular weight is 530 g/mol. The molecule has 2 aromatic carbocycles. The van der Waals surface area contributed by atoms with Gasteiger partial charge in [-0.15, -0.1) is 0 Å². The molecule has 35 heavy (non-hydrogen) atoms. The molecule has 0 atom stereocenters. The van der Waals surface area contributed by atoms with E-state index in [1.54, 1.807) is 0 Å². The Bertz CT molecular complexity index is 802. The molecule has 0 radical (unpaired) electrons. The maximum Gasteiger partial charge on any atom is 0.222 e. The van der Waals surface area contributed by atoms with Gasteiger partial charge >= 0.3 is 0 Å². The van der Waals surface area contributed by atoms with Gasteiger partial charge in [0.2, 0.25) is 4.32 Å². The van der Waals surface area contributed by atoms with Gasteiger partial charge in [0.1, 0.15) is 11.4 Å². The van der Waals surface area contributed by atoms with Gasteiger partial charge in [0.05, 0.1) is 0 Å². The third-order valence-electron chi connectivity index (χ3n) is 7.03. The minimum Gasteiger partial charge on any atom is -0.474 e. The maximum atomic E-state index is 6.35. The molecule has 0 spiro atoms. The number of rotatable bonds is 18. The Balaban J connectivity index is 2.13. The minimum absolute atomic E-state index is 0.0811. The van der Waals surface area contributed by atoms with Crippen LogP contribution in [0, 0.1) is 0 Å². The smallest absolute Gasteiger partial charge is 0.222 e. The third-order valence-corrected chi connectivity index (χ3v) is 8.43. The van der Waals surface area contributed by atoms with Crippen LogP contribution in [-0.2, 0) is 25.7 Å². The first kappa shape index (κ1) is 30.4. The Hall–Kier alpha value is -0.810. The van der Waals surface area contributed by atoms with Crippen molar-refractivity contribution in [2.75, 3.05) is 0 Å². The van der Waals surface area contributed by atoms with Gasteiger partial charge in [0, 0.05) is 11.1 Å². The number of benzene rings is 2. The summed E-state index contributed by atoms with van der Waals surface area (Å²) < 4.78 is 0.608. The molecule has 194 valence electrons. The Labute approximate surface area is 232 Å². The quantitative estimate of drug-likeness (QED) is 0.0670. The van der Waals surface area contributed by atoms with Crippen molar-refractivity contribution >= 4 is 53.4 Å². The van der Waals surface area contributed by atoms with Crippen LogP contribution >= 0.6 is 24.8 Å². The highest BCUT2D eigenvalue weighted by Crippen LogP contribution is 2.41. The Kier molecular flexibility index (Phi) is 15.3. The number of nitrogens with zero attached hydrogens (tertiary/aromatic N) is 1. The van der Waals surface area contributed by atoms with Crippen LogP contribution in [-0.4, -0.2) is 4.32 Å². The first-order valence-corrected chi connectivity index (χ1v) is 15.3. The highest BCUT2D eigenvalue weighted by atomic mass is 32.1. The largest absolute Gasteiger partial charge is 0.474 e. The van der Waals surface area contributed by atoms with Crippen molar-refractivity contribution in [1.82, 2.24) is 3.89 Å². The van der Waals surface area contributed by atoms with Gasteiger partial charge in [0.25, 0.3) is 0 Å². The van der Waals surface area contributed by atoms with E-state index in [0.717, 1.165) is 24.2 Å². The number of hydrogen-bond donors (Lipinski definition) is 1. The van der Waals surface area contributed by atoms with Gasteiger partial charge in [-0.1, -0.05) is 140 Å². The maximum absolute atomic E-state index is 6.35. The topological polar surface area (TPSA) is 0 Å². The summed E-state index contributed by atoms with van der Waals surface area (Å²) in [5, 5.41) is 0. The lowest BCUT2D eigenvalue weighted by atomic mass is 10.0. The number of quaternary nitrogens is 1. The highest BCUT2D eigenvalue weighted by molar-refractivity contribution is 8.12. The summed E-state index contributed by atoms with van der Waals surface area (Å²) in [7, 11) is 0. The second-order valence-electron chi connectivity index (χ2n) is 9.89. The first-order valence-electron chi connectivity index (χ1n) is 14.1. The van der Waals surface area contributed by atoms with Gasteiger partial charge in [-0.3, -0.25) is 0 Å². The molecule has 0 aliphatic heterocycles. The van der Waals surface area contributed by atoms with Crippen molar-refractivity contribution in [3.63, 3.8) is 0 Å². The van der Waals surface area contributed by atoms with Gasteiger partial charge in [0.15, 0.2) is 0 Å². The number of aryl methyl sites for hydroxylation is 2. The van der Waals surface area contributed by atoms with Crippen molar-refractivity contribution in [2.24, 2.45) is 0 Å². The predicted octanol–water partition coefficient (Wildman–Crippen LogP) is 10.6. The van der Waals surface area contributed by atoms with Gasteiger partial charge in [-0.2, -0.15) is 0 Å². The number of hydrogen-bond acceptors (Lipinski definition) is 2. The van der Waals surface area contributed by atoms with E-state index in [1.165, 1.54) is 101 Å². The van der Waals surface area contributed by atoms with Crippen LogP contribution in [0.15, 0.2) is 48.5 Å². The summed E-state index contributed by atoms with van der Waals surface area (Å²) in [6.07, 6.45) is 20.4. The molecule has 0 saturated heterocycles. The van der Waals surface area contributed by atoms with Crippen LogP contribution in [0.2, 0.25) is 0 Å². The van der Waals surface area contributed by atoms with Crippen LogP contribution in [0.4, 0.5) is 11.4 Å². The molecule has 0 fully saturated rings. The van der Waals surface area contributed by atoms with Crippen LogP contribution in [0.25, 0.3) is 0 Å². The molecule has 0 saturated carbocycles. The van der Waals surface area contributed by atoms with E-state index in [0.29, 0.717) is 4.32 Å². The minimum atomic E-state index is 0.0811. The van der Waals surface area contributed by atoms with E-state index in [9.17, 15) is 0 Å². The molecule has 2 rings (SSSR count). The molecule has 0 aromatic heterocycles. The molecular weight excluding hydrogens is 483 g/mol. The van der Waals surface area contributed by atoms with Gasteiger partial charge in [-0.25, -0.2) is 0 Å². The SMILES string of the molecule is CCCCCCCCCc1ccccc1[N+]([S-])(C(=S)S)c1ccccc1CCCCCCCCC. The van der Waals surface area contributed by atoms with Crippen LogP contribution < -0.4 is 3.89 Å². The summed E-state index contributed by atoms with van der Waals surface area (Å²) >= 11 is 16.8. The first-order chi connectivity index (χ1) is 17.1. The molecule has 0 bridgehead atoms. The molecule has 0 unspecified atom stereocenters. The summed E-state index contributed by atoms with van der Waals surface area (Å²) in [6.45, 7) is 4.55. The number of para-hydroxylation sites is 2. The Morgan fingerprint density at radius 2 is 0.971 bits per heavy atom. The second-order valence-corrected chi connectivity index (χ2v) is 11.6. The van der Waals surface area contributed by atoms with Crippen molar-refractivity contribution in [2.45, 2.75) is 117 Å². The van der Waals surface area contributed by atoms with Gasteiger partial charge in [-0.05, 0) is 50.0 Å². The Morgan fingerprint density at radius 3 is 1.34 bits per heavy atom. The zero-order valence-electron chi connectivity index (χ0n) is 22.1. The lowest BCUT2D eigenvalue weighted by Gasteiger charge is -2.43. The Morgan fingerprint density at radius 1 is 0.629 bits per heavy atom. The molecule has 4 heteroatoms. The van der Waals surface area contributed by atoms with Crippen molar-refractivity contribution in [3.05, 3.63) is 59.7 Å². The number of thiocarbonyl (C=S) groups is 1. The number of unbranched alkanes of at least 4 members (excludes halogenated alkanes) is 12. The summed E-state index contributed by atoms with van der Waals surface area (Å²) in [4.78, 5) is 0. The fraction of sp³-hybridized carbons (Fsp3) is 0.581. The molecule has 0 N–H and O–H groups in total. The van der Waals surface area contributed by atoms with Crippen molar-refractivity contribution in [1.29, 1.82) is 0 Å². The summed E-state index contributed by atoms with van der Waals surface area (Å²) in [5.74, 6) is 0. The lowest BCUT2D eigenvalue weighted by Crippen LogP contribution is -2.41. The van der Waals surface area contributed by atoms with Crippen molar-refractivity contribution in [3.8, 4) is 0 Å².